The number of aliphatic hydroxyl groups excluding tert-OH is 1. The van der Waals surface area contributed by atoms with Crippen LogP contribution in [0.4, 0.5) is 0 Å². The van der Waals surface area contributed by atoms with Gasteiger partial charge in [0.2, 0.25) is 5.91 Å². The van der Waals surface area contributed by atoms with E-state index in [1.165, 1.54) is 0 Å². The van der Waals surface area contributed by atoms with Gasteiger partial charge < -0.3 is 15.2 Å². The molecule has 1 atom stereocenters. The highest BCUT2D eigenvalue weighted by Crippen LogP contribution is 2.24. The highest BCUT2D eigenvalue weighted by molar-refractivity contribution is 5.80. The van der Waals surface area contributed by atoms with Crippen molar-refractivity contribution in [3.05, 3.63) is 0 Å². The second-order valence-electron chi connectivity index (χ2n) is 4.58. The molecule has 0 aromatic rings. The molecule has 1 saturated heterocycles. The third-order valence-electron chi connectivity index (χ3n) is 3.70. The second-order valence-corrected chi connectivity index (χ2v) is 4.58. The van der Waals surface area contributed by atoms with Gasteiger partial charge in [-0.15, -0.1) is 0 Å². The van der Waals surface area contributed by atoms with Gasteiger partial charge in [0.15, 0.2) is 0 Å². The number of amides is 1. The quantitative estimate of drug-likeness (QED) is 0.716. The smallest absolute Gasteiger partial charge is 0.249 e. The van der Waals surface area contributed by atoms with Gasteiger partial charge in [0.1, 0.15) is 6.10 Å². The third-order valence-corrected chi connectivity index (χ3v) is 3.70. The van der Waals surface area contributed by atoms with Gasteiger partial charge in [0.05, 0.1) is 6.61 Å². The highest BCUT2D eigenvalue weighted by Gasteiger charge is 2.29. The molecule has 0 radical (unpaired) electrons. The number of aliphatic hydroxyl groups is 1. The maximum Gasteiger partial charge on any atom is 0.249 e. The molecule has 0 aliphatic carbocycles. The number of hydrogen-bond donors (Lipinski definition) is 2. The van der Waals surface area contributed by atoms with Crippen molar-refractivity contribution in [3.8, 4) is 0 Å². The fraction of sp³-hybridized carbons (Fsp3) is 0.917. The molecule has 1 amide bonds. The largest absolute Gasteiger partial charge is 0.396 e. The molecule has 16 heavy (non-hydrogen) atoms. The Bertz CT molecular complexity index is 212. The molecule has 1 rings (SSSR count). The number of carbonyl (C=O) groups is 1. The van der Waals surface area contributed by atoms with Crippen molar-refractivity contribution in [2.24, 2.45) is 5.41 Å². The van der Waals surface area contributed by atoms with Crippen LogP contribution in [0.2, 0.25) is 0 Å². The summed E-state index contributed by atoms with van der Waals surface area (Å²) in [5.41, 5.74) is -0.172. The van der Waals surface area contributed by atoms with Crippen LogP contribution in [-0.4, -0.2) is 36.9 Å². The first-order chi connectivity index (χ1) is 7.67. The van der Waals surface area contributed by atoms with Crippen molar-refractivity contribution in [1.29, 1.82) is 0 Å². The monoisotopic (exact) mass is 229 g/mol. The molecule has 1 fully saturated rings. The predicted molar refractivity (Wildman–Crippen MR) is 62.1 cm³/mol. The Labute approximate surface area is 97.4 Å². The molecule has 1 unspecified atom stereocenters. The van der Waals surface area contributed by atoms with Gasteiger partial charge in [-0.05, 0) is 25.7 Å². The van der Waals surface area contributed by atoms with Gasteiger partial charge in [-0.25, -0.2) is 0 Å². The van der Waals surface area contributed by atoms with Crippen molar-refractivity contribution in [2.75, 3.05) is 19.8 Å². The van der Waals surface area contributed by atoms with E-state index in [2.05, 4.69) is 5.32 Å². The van der Waals surface area contributed by atoms with E-state index < -0.39 is 0 Å². The van der Waals surface area contributed by atoms with Crippen LogP contribution < -0.4 is 5.32 Å². The molecule has 0 saturated carbocycles. The number of hydrogen-bond acceptors (Lipinski definition) is 3. The maximum absolute atomic E-state index is 11.7. The zero-order valence-corrected chi connectivity index (χ0v) is 10.3. The minimum atomic E-state index is -0.273. The highest BCUT2D eigenvalue weighted by atomic mass is 16.5. The van der Waals surface area contributed by atoms with Crippen LogP contribution in [0.1, 0.15) is 39.5 Å². The van der Waals surface area contributed by atoms with Gasteiger partial charge in [0.25, 0.3) is 0 Å². The fourth-order valence-electron chi connectivity index (χ4n) is 1.95. The summed E-state index contributed by atoms with van der Waals surface area (Å²) < 4.78 is 5.31. The first kappa shape index (κ1) is 13.5. The van der Waals surface area contributed by atoms with Crippen LogP contribution in [0.25, 0.3) is 0 Å². The van der Waals surface area contributed by atoms with Crippen LogP contribution in [-0.2, 0) is 9.53 Å². The molecular weight excluding hydrogens is 206 g/mol. The Morgan fingerprint density at radius 1 is 1.50 bits per heavy atom. The average molecular weight is 229 g/mol. The molecule has 0 bridgehead atoms. The zero-order valence-electron chi connectivity index (χ0n) is 10.3. The molecule has 0 spiro atoms. The molecular formula is C12H23NO3. The van der Waals surface area contributed by atoms with Crippen LogP contribution in [0.15, 0.2) is 0 Å². The number of rotatable bonds is 6. The summed E-state index contributed by atoms with van der Waals surface area (Å²) in [7, 11) is 0. The summed E-state index contributed by atoms with van der Waals surface area (Å²) in [6.45, 7) is 5.42. The first-order valence-corrected chi connectivity index (χ1v) is 6.17. The number of ether oxygens (including phenoxy) is 1. The molecule has 94 valence electrons. The predicted octanol–water partition coefficient (Wildman–Crippen LogP) is 1.08. The standard InChI is InChI=1S/C12H23NO3/c1-3-12(4-2,9-14)8-13-11(15)10-6-5-7-16-10/h10,14H,3-9H2,1-2H3,(H,13,15). The van der Waals surface area contributed by atoms with Gasteiger partial charge in [-0.1, -0.05) is 13.8 Å². The Balaban J connectivity index is 2.39. The lowest BCUT2D eigenvalue weighted by Crippen LogP contribution is -2.43. The van der Waals surface area contributed by atoms with E-state index in [0.717, 1.165) is 25.7 Å². The van der Waals surface area contributed by atoms with Crippen molar-refractivity contribution in [3.63, 3.8) is 0 Å². The number of nitrogens with one attached hydrogen (secondary N) is 1. The van der Waals surface area contributed by atoms with Crippen LogP contribution in [0, 0.1) is 5.41 Å². The lowest BCUT2D eigenvalue weighted by molar-refractivity contribution is -0.130. The lowest BCUT2D eigenvalue weighted by atomic mass is 9.83. The third kappa shape index (κ3) is 3.19. The molecule has 1 heterocycles. The zero-order chi connectivity index (χ0) is 12.0. The van der Waals surface area contributed by atoms with Crippen LogP contribution in [0.3, 0.4) is 0 Å². The minimum absolute atomic E-state index is 0.0303. The van der Waals surface area contributed by atoms with E-state index in [-0.39, 0.29) is 24.0 Å². The second kappa shape index (κ2) is 6.21. The van der Waals surface area contributed by atoms with Gasteiger partial charge in [0, 0.05) is 18.6 Å². The van der Waals surface area contributed by atoms with E-state index in [1.807, 2.05) is 13.8 Å². The molecule has 2 N–H and O–H groups in total. The normalized spacial score (nSPS) is 21.1. The van der Waals surface area contributed by atoms with E-state index in [9.17, 15) is 9.90 Å². The Morgan fingerprint density at radius 2 is 2.19 bits per heavy atom. The molecule has 4 nitrogen and oxygen atoms in total. The summed E-state index contributed by atoms with van der Waals surface area (Å²) in [4.78, 5) is 11.7. The Hall–Kier alpha value is -0.610. The van der Waals surface area contributed by atoms with Crippen LogP contribution in [0.5, 0.6) is 0 Å². The van der Waals surface area contributed by atoms with E-state index in [0.29, 0.717) is 13.2 Å². The Kier molecular flexibility index (Phi) is 5.22. The summed E-state index contributed by atoms with van der Waals surface area (Å²) in [6, 6.07) is 0. The average Bonchev–Trinajstić information content (AvgIpc) is 2.85. The van der Waals surface area contributed by atoms with Crippen molar-refractivity contribution < 1.29 is 14.6 Å². The minimum Gasteiger partial charge on any atom is -0.396 e. The van der Waals surface area contributed by atoms with Crippen molar-refractivity contribution >= 4 is 5.91 Å². The molecule has 1 aliphatic heterocycles. The van der Waals surface area contributed by atoms with E-state index in [4.69, 9.17) is 4.74 Å². The number of carbonyl (C=O) groups excluding carboxylic acids is 1. The lowest BCUT2D eigenvalue weighted by Gasteiger charge is -2.29. The molecule has 1 aliphatic rings. The Morgan fingerprint density at radius 3 is 2.62 bits per heavy atom. The van der Waals surface area contributed by atoms with E-state index >= 15 is 0 Å². The first-order valence-electron chi connectivity index (χ1n) is 6.17. The summed E-state index contributed by atoms with van der Waals surface area (Å²) in [6.07, 6.45) is 3.24. The topological polar surface area (TPSA) is 58.6 Å². The molecule has 0 aromatic heterocycles. The summed E-state index contributed by atoms with van der Waals surface area (Å²) in [5.74, 6) is -0.0303. The van der Waals surface area contributed by atoms with Crippen molar-refractivity contribution in [1.82, 2.24) is 5.32 Å². The molecule has 0 aromatic carbocycles. The summed E-state index contributed by atoms with van der Waals surface area (Å²) in [5, 5.41) is 12.3. The maximum atomic E-state index is 11.7. The summed E-state index contributed by atoms with van der Waals surface area (Å²) >= 11 is 0. The van der Waals surface area contributed by atoms with E-state index in [1.54, 1.807) is 0 Å². The SMILES string of the molecule is CCC(CC)(CO)CNC(=O)C1CCCO1. The van der Waals surface area contributed by atoms with Gasteiger partial charge in [-0.3, -0.25) is 4.79 Å². The van der Waals surface area contributed by atoms with Crippen molar-refractivity contribution in [2.45, 2.75) is 45.6 Å². The van der Waals surface area contributed by atoms with Crippen LogP contribution >= 0.6 is 0 Å². The van der Waals surface area contributed by atoms with Gasteiger partial charge >= 0.3 is 0 Å². The van der Waals surface area contributed by atoms with Gasteiger partial charge in [-0.2, -0.15) is 0 Å². The molecule has 4 heteroatoms. The fourth-order valence-corrected chi connectivity index (χ4v) is 1.95.